The van der Waals surface area contributed by atoms with Crippen molar-refractivity contribution in [3.8, 4) is 17.0 Å². The predicted octanol–water partition coefficient (Wildman–Crippen LogP) is 1.80. The minimum Gasteiger partial charge on any atom is -0.496 e. The molecule has 0 saturated carbocycles. The van der Waals surface area contributed by atoms with Crippen molar-refractivity contribution < 1.29 is 9.53 Å². The van der Waals surface area contributed by atoms with E-state index in [4.69, 9.17) is 10.5 Å². The Labute approximate surface area is 105 Å². The molecule has 94 valence electrons. The number of carbonyl (C=O) groups is 1. The number of imidazole rings is 1. The minimum atomic E-state index is -0.566. The number of amides is 1. The summed E-state index contributed by atoms with van der Waals surface area (Å²) in [7, 11) is 1.65. The second-order valence-corrected chi connectivity index (χ2v) is 4.15. The first-order valence-corrected chi connectivity index (χ1v) is 5.53. The molecule has 0 radical (unpaired) electrons. The van der Waals surface area contributed by atoms with Crippen molar-refractivity contribution in [1.29, 1.82) is 0 Å². The lowest BCUT2D eigenvalue weighted by Crippen LogP contribution is -2.12. The Balaban J connectivity index is 2.47. The zero-order valence-corrected chi connectivity index (χ0v) is 10.6. The third-order valence-corrected chi connectivity index (χ3v) is 2.78. The summed E-state index contributed by atoms with van der Waals surface area (Å²) in [6.45, 7) is 3.95. The molecule has 0 saturated heterocycles. The number of aryl methyl sites for hydroxylation is 2. The summed E-state index contributed by atoms with van der Waals surface area (Å²) in [4.78, 5) is 17.8. The number of H-pyrrole nitrogens is 1. The summed E-state index contributed by atoms with van der Waals surface area (Å²) in [5, 5.41) is 0. The summed E-state index contributed by atoms with van der Waals surface area (Å²) >= 11 is 0. The van der Waals surface area contributed by atoms with Gasteiger partial charge in [0.15, 0.2) is 5.82 Å². The number of nitrogens with zero attached hydrogens (tertiary/aromatic N) is 1. The van der Waals surface area contributed by atoms with Crippen LogP contribution < -0.4 is 10.5 Å². The van der Waals surface area contributed by atoms with Crippen LogP contribution in [-0.2, 0) is 0 Å². The number of carbonyl (C=O) groups excluding carboxylic acids is 1. The van der Waals surface area contributed by atoms with Gasteiger partial charge in [-0.25, -0.2) is 4.98 Å². The maximum Gasteiger partial charge on any atom is 0.284 e. The molecule has 1 heterocycles. The second kappa shape index (κ2) is 4.52. The fourth-order valence-corrected chi connectivity index (χ4v) is 2.02. The molecular formula is C13H15N3O2. The smallest absolute Gasteiger partial charge is 0.284 e. The fourth-order valence-electron chi connectivity index (χ4n) is 2.02. The average Bonchev–Trinajstić information content (AvgIpc) is 2.77. The highest BCUT2D eigenvalue weighted by atomic mass is 16.5. The number of nitrogens with two attached hydrogens (primary N) is 1. The van der Waals surface area contributed by atoms with Crippen LogP contribution in [0.2, 0.25) is 0 Å². The van der Waals surface area contributed by atoms with Crippen molar-refractivity contribution in [2.75, 3.05) is 7.11 Å². The topological polar surface area (TPSA) is 81.0 Å². The number of benzene rings is 1. The zero-order chi connectivity index (χ0) is 13.3. The number of rotatable bonds is 3. The third-order valence-electron chi connectivity index (χ3n) is 2.78. The van der Waals surface area contributed by atoms with E-state index in [1.54, 1.807) is 13.3 Å². The number of aromatic nitrogens is 2. The molecule has 2 rings (SSSR count). The summed E-state index contributed by atoms with van der Waals surface area (Å²) in [6, 6.07) is 3.95. The van der Waals surface area contributed by atoms with Crippen molar-refractivity contribution in [3.63, 3.8) is 0 Å². The van der Waals surface area contributed by atoms with Crippen LogP contribution in [-0.4, -0.2) is 23.0 Å². The fraction of sp³-hybridized carbons (Fsp3) is 0.231. The SMILES string of the molecule is COc1c(C)cc(-c2cnc(C(N)=O)[nH]2)cc1C. The number of nitrogens with one attached hydrogen (secondary N) is 1. The van der Waals surface area contributed by atoms with Gasteiger partial charge in [-0.1, -0.05) is 0 Å². The van der Waals surface area contributed by atoms with Crippen LogP contribution in [0, 0.1) is 13.8 Å². The van der Waals surface area contributed by atoms with Gasteiger partial charge in [-0.2, -0.15) is 0 Å². The summed E-state index contributed by atoms with van der Waals surface area (Å²) in [6.07, 6.45) is 1.60. The first kappa shape index (κ1) is 12.2. The average molecular weight is 245 g/mol. The molecule has 1 aromatic heterocycles. The van der Waals surface area contributed by atoms with Crippen LogP contribution >= 0.6 is 0 Å². The lowest BCUT2D eigenvalue weighted by atomic mass is 10.0. The van der Waals surface area contributed by atoms with E-state index in [0.717, 1.165) is 28.1 Å². The Kier molecular flexibility index (Phi) is 3.06. The number of aromatic amines is 1. The maximum absolute atomic E-state index is 11.0. The highest BCUT2D eigenvalue weighted by Gasteiger charge is 2.10. The Morgan fingerprint density at radius 1 is 1.33 bits per heavy atom. The van der Waals surface area contributed by atoms with Gasteiger partial charge in [0, 0.05) is 5.56 Å². The predicted molar refractivity (Wildman–Crippen MR) is 68.6 cm³/mol. The number of methoxy groups -OCH3 is 1. The van der Waals surface area contributed by atoms with Gasteiger partial charge in [-0.15, -0.1) is 0 Å². The minimum absolute atomic E-state index is 0.163. The summed E-state index contributed by atoms with van der Waals surface area (Å²) in [5.74, 6) is 0.465. The Bertz CT molecular complexity index is 579. The van der Waals surface area contributed by atoms with E-state index in [9.17, 15) is 4.79 Å². The van der Waals surface area contributed by atoms with E-state index in [2.05, 4.69) is 9.97 Å². The van der Waals surface area contributed by atoms with Crippen molar-refractivity contribution >= 4 is 5.91 Å². The first-order chi connectivity index (χ1) is 8.52. The molecule has 0 aliphatic heterocycles. The highest BCUT2D eigenvalue weighted by molar-refractivity contribution is 5.89. The van der Waals surface area contributed by atoms with Crippen LogP contribution in [0.25, 0.3) is 11.3 Å². The molecule has 0 aliphatic carbocycles. The standard InChI is InChI=1S/C13H15N3O2/c1-7-4-9(5-8(2)11(7)18-3)10-6-15-13(16-10)12(14)17/h4-6H,1-3H3,(H2,14,17)(H,15,16). The third kappa shape index (κ3) is 2.07. The van der Waals surface area contributed by atoms with Gasteiger partial charge in [0.1, 0.15) is 5.75 Å². The Morgan fingerprint density at radius 2 is 1.94 bits per heavy atom. The van der Waals surface area contributed by atoms with Crippen LogP contribution in [0.3, 0.4) is 0 Å². The van der Waals surface area contributed by atoms with Crippen LogP contribution in [0.5, 0.6) is 5.75 Å². The van der Waals surface area contributed by atoms with E-state index in [1.807, 2.05) is 26.0 Å². The van der Waals surface area contributed by atoms with Crippen molar-refractivity contribution in [2.45, 2.75) is 13.8 Å². The Morgan fingerprint density at radius 3 is 2.39 bits per heavy atom. The van der Waals surface area contributed by atoms with E-state index in [1.165, 1.54) is 0 Å². The molecule has 0 bridgehead atoms. The van der Waals surface area contributed by atoms with Gasteiger partial charge < -0.3 is 15.5 Å². The van der Waals surface area contributed by atoms with E-state index < -0.39 is 5.91 Å². The van der Waals surface area contributed by atoms with Gasteiger partial charge >= 0.3 is 0 Å². The van der Waals surface area contributed by atoms with E-state index in [-0.39, 0.29) is 5.82 Å². The molecule has 0 unspecified atom stereocenters. The first-order valence-electron chi connectivity index (χ1n) is 5.53. The van der Waals surface area contributed by atoms with Crippen molar-refractivity contribution in [3.05, 3.63) is 35.3 Å². The lowest BCUT2D eigenvalue weighted by Gasteiger charge is -2.10. The number of hydrogen-bond acceptors (Lipinski definition) is 3. The largest absolute Gasteiger partial charge is 0.496 e. The van der Waals surface area contributed by atoms with Crippen LogP contribution in [0.4, 0.5) is 0 Å². The molecule has 0 aliphatic rings. The molecule has 1 amide bonds. The quantitative estimate of drug-likeness (QED) is 0.865. The normalized spacial score (nSPS) is 10.4. The van der Waals surface area contributed by atoms with Gasteiger partial charge in [0.05, 0.1) is 19.0 Å². The molecule has 1 aromatic carbocycles. The van der Waals surface area contributed by atoms with Crippen molar-refractivity contribution in [1.82, 2.24) is 9.97 Å². The molecule has 0 atom stereocenters. The molecule has 5 heteroatoms. The molecule has 3 N–H and O–H groups in total. The highest BCUT2D eigenvalue weighted by Crippen LogP contribution is 2.28. The molecule has 2 aromatic rings. The van der Waals surface area contributed by atoms with Gasteiger partial charge in [0.25, 0.3) is 5.91 Å². The van der Waals surface area contributed by atoms with Gasteiger partial charge in [0.2, 0.25) is 0 Å². The van der Waals surface area contributed by atoms with Crippen LogP contribution in [0.1, 0.15) is 21.7 Å². The molecule has 18 heavy (non-hydrogen) atoms. The molecule has 0 spiro atoms. The van der Waals surface area contributed by atoms with Gasteiger partial charge in [-0.05, 0) is 37.1 Å². The monoisotopic (exact) mass is 245 g/mol. The number of primary amides is 1. The van der Waals surface area contributed by atoms with E-state index >= 15 is 0 Å². The molecule has 0 fully saturated rings. The number of ether oxygens (including phenoxy) is 1. The van der Waals surface area contributed by atoms with Gasteiger partial charge in [-0.3, -0.25) is 4.79 Å². The molecule has 5 nitrogen and oxygen atoms in total. The lowest BCUT2D eigenvalue weighted by molar-refractivity contribution is 0.0991. The number of hydrogen-bond donors (Lipinski definition) is 2. The van der Waals surface area contributed by atoms with Crippen molar-refractivity contribution in [2.24, 2.45) is 5.73 Å². The second-order valence-electron chi connectivity index (χ2n) is 4.15. The summed E-state index contributed by atoms with van der Waals surface area (Å²) in [5.41, 5.74) is 8.93. The zero-order valence-electron chi connectivity index (χ0n) is 10.6. The Hall–Kier alpha value is -2.30. The maximum atomic E-state index is 11.0. The molecular weight excluding hydrogens is 230 g/mol. The van der Waals surface area contributed by atoms with E-state index in [0.29, 0.717) is 0 Å². The van der Waals surface area contributed by atoms with Crippen LogP contribution in [0.15, 0.2) is 18.3 Å². The summed E-state index contributed by atoms with van der Waals surface area (Å²) < 4.78 is 5.31.